The molecule has 0 amide bonds. The summed E-state index contributed by atoms with van der Waals surface area (Å²) in [5.74, 6) is 1.04. The van der Waals surface area contributed by atoms with Crippen LogP contribution in [0.25, 0.3) is 0 Å². The molecule has 0 aromatic heterocycles. The molecule has 1 saturated carbocycles. The van der Waals surface area contributed by atoms with Crippen LogP contribution in [0.15, 0.2) is 0 Å². The minimum Gasteiger partial charge on any atom is -0.385 e. The molecule has 1 fully saturated rings. The highest BCUT2D eigenvalue weighted by atomic mass is 16.5. The van der Waals surface area contributed by atoms with Crippen LogP contribution in [0.1, 0.15) is 32.6 Å². The quantitative estimate of drug-likeness (QED) is 0.590. The summed E-state index contributed by atoms with van der Waals surface area (Å²) in [5.41, 5.74) is 0. The van der Waals surface area contributed by atoms with Gasteiger partial charge in [0.2, 0.25) is 0 Å². The molecule has 12 heavy (non-hydrogen) atoms. The van der Waals surface area contributed by atoms with Crippen LogP contribution in [0.3, 0.4) is 0 Å². The maximum Gasteiger partial charge on any atom is 0.0474 e. The zero-order valence-electron chi connectivity index (χ0n) is 8.31. The molecule has 0 bridgehead atoms. The molecule has 72 valence electrons. The summed E-state index contributed by atoms with van der Waals surface area (Å²) >= 11 is 0. The van der Waals surface area contributed by atoms with Crippen molar-refractivity contribution in [1.29, 1.82) is 0 Å². The van der Waals surface area contributed by atoms with Gasteiger partial charge in [-0.1, -0.05) is 12.8 Å². The first kappa shape index (κ1) is 10.0. The van der Waals surface area contributed by atoms with E-state index in [0.29, 0.717) is 6.04 Å². The number of rotatable bonds is 7. The summed E-state index contributed by atoms with van der Waals surface area (Å²) in [6.45, 7) is 4.26. The molecule has 1 aliphatic rings. The number of methoxy groups -OCH3 is 1. The highest BCUT2D eigenvalue weighted by Crippen LogP contribution is 2.33. The van der Waals surface area contributed by atoms with Gasteiger partial charge in [-0.2, -0.15) is 0 Å². The van der Waals surface area contributed by atoms with Crippen LogP contribution in [0.2, 0.25) is 0 Å². The topological polar surface area (TPSA) is 21.3 Å². The Balaban J connectivity index is 1.83. The van der Waals surface area contributed by atoms with Crippen LogP contribution in [-0.4, -0.2) is 26.3 Å². The molecular weight excluding hydrogens is 150 g/mol. The van der Waals surface area contributed by atoms with Gasteiger partial charge in [0.25, 0.3) is 0 Å². The van der Waals surface area contributed by atoms with E-state index in [9.17, 15) is 0 Å². The lowest BCUT2D eigenvalue weighted by Gasteiger charge is -2.12. The maximum absolute atomic E-state index is 4.98. The largest absolute Gasteiger partial charge is 0.385 e. The standard InChI is InChI=1S/C10H21NO/c1-9(8-10-4-5-10)11-6-3-7-12-2/h9-11H,3-8H2,1-2H3. The first-order valence-corrected chi connectivity index (χ1v) is 5.05. The van der Waals surface area contributed by atoms with E-state index in [-0.39, 0.29) is 0 Å². The van der Waals surface area contributed by atoms with Crippen molar-refractivity contribution in [2.24, 2.45) is 5.92 Å². The van der Waals surface area contributed by atoms with E-state index in [2.05, 4.69) is 12.2 Å². The lowest BCUT2D eigenvalue weighted by molar-refractivity contribution is 0.193. The molecule has 2 nitrogen and oxygen atoms in total. The van der Waals surface area contributed by atoms with Gasteiger partial charge < -0.3 is 10.1 Å². The third-order valence-corrected chi connectivity index (χ3v) is 2.40. The fourth-order valence-corrected chi connectivity index (χ4v) is 1.50. The SMILES string of the molecule is COCCCNC(C)CC1CC1. The summed E-state index contributed by atoms with van der Waals surface area (Å²) in [7, 11) is 1.76. The minimum atomic E-state index is 0.703. The van der Waals surface area contributed by atoms with Gasteiger partial charge in [0, 0.05) is 19.8 Å². The third kappa shape index (κ3) is 4.73. The number of hydrogen-bond acceptors (Lipinski definition) is 2. The van der Waals surface area contributed by atoms with Crippen LogP contribution in [0.4, 0.5) is 0 Å². The van der Waals surface area contributed by atoms with Crippen molar-refractivity contribution < 1.29 is 4.74 Å². The Labute approximate surface area is 75.7 Å². The van der Waals surface area contributed by atoms with E-state index < -0.39 is 0 Å². The molecule has 0 aromatic carbocycles. The number of ether oxygens (including phenoxy) is 1. The Hall–Kier alpha value is -0.0800. The van der Waals surface area contributed by atoms with Gasteiger partial charge in [0.15, 0.2) is 0 Å². The van der Waals surface area contributed by atoms with Crippen molar-refractivity contribution >= 4 is 0 Å². The Morgan fingerprint density at radius 3 is 2.83 bits per heavy atom. The van der Waals surface area contributed by atoms with Gasteiger partial charge in [-0.3, -0.25) is 0 Å². The Morgan fingerprint density at radius 2 is 2.25 bits per heavy atom. The molecule has 1 unspecified atom stereocenters. The number of nitrogens with one attached hydrogen (secondary N) is 1. The molecule has 1 atom stereocenters. The zero-order valence-corrected chi connectivity index (χ0v) is 8.31. The summed E-state index contributed by atoms with van der Waals surface area (Å²) in [5, 5.41) is 3.51. The Kier molecular flexibility index (Phi) is 4.62. The third-order valence-electron chi connectivity index (χ3n) is 2.40. The van der Waals surface area contributed by atoms with E-state index >= 15 is 0 Å². The second-order valence-electron chi connectivity index (χ2n) is 3.88. The zero-order chi connectivity index (χ0) is 8.81. The minimum absolute atomic E-state index is 0.703. The molecule has 1 aliphatic carbocycles. The lowest BCUT2D eigenvalue weighted by Crippen LogP contribution is -2.27. The molecule has 0 spiro atoms. The Bertz CT molecular complexity index is 112. The van der Waals surface area contributed by atoms with E-state index in [1.54, 1.807) is 7.11 Å². The van der Waals surface area contributed by atoms with Gasteiger partial charge in [0.05, 0.1) is 0 Å². The average molecular weight is 171 g/mol. The molecule has 0 heterocycles. The van der Waals surface area contributed by atoms with Crippen LogP contribution < -0.4 is 5.32 Å². The molecule has 2 heteroatoms. The maximum atomic E-state index is 4.98. The molecular formula is C10H21NO. The lowest BCUT2D eigenvalue weighted by atomic mass is 10.1. The molecule has 0 aromatic rings. The summed E-state index contributed by atoms with van der Waals surface area (Å²) in [6.07, 6.45) is 5.42. The predicted molar refractivity (Wildman–Crippen MR) is 51.3 cm³/mol. The molecule has 0 radical (unpaired) electrons. The number of hydrogen-bond donors (Lipinski definition) is 1. The smallest absolute Gasteiger partial charge is 0.0474 e. The highest BCUT2D eigenvalue weighted by molar-refractivity contribution is 4.77. The van der Waals surface area contributed by atoms with Crippen molar-refractivity contribution in [1.82, 2.24) is 5.32 Å². The molecule has 0 aliphatic heterocycles. The van der Waals surface area contributed by atoms with Crippen LogP contribution in [0.5, 0.6) is 0 Å². The average Bonchev–Trinajstić information content (AvgIpc) is 2.82. The Morgan fingerprint density at radius 1 is 1.50 bits per heavy atom. The predicted octanol–water partition coefficient (Wildman–Crippen LogP) is 1.80. The van der Waals surface area contributed by atoms with E-state index in [0.717, 1.165) is 25.5 Å². The molecule has 0 saturated heterocycles. The summed E-state index contributed by atoms with van der Waals surface area (Å²) < 4.78 is 4.98. The van der Waals surface area contributed by atoms with Gasteiger partial charge >= 0.3 is 0 Å². The van der Waals surface area contributed by atoms with E-state index in [4.69, 9.17) is 4.74 Å². The van der Waals surface area contributed by atoms with E-state index in [1.165, 1.54) is 19.3 Å². The fourth-order valence-electron chi connectivity index (χ4n) is 1.50. The summed E-state index contributed by atoms with van der Waals surface area (Å²) in [6, 6.07) is 0.703. The second kappa shape index (κ2) is 5.55. The first-order valence-electron chi connectivity index (χ1n) is 5.05. The van der Waals surface area contributed by atoms with Crippen molar-refractivity contribution in [2.45, 2.75) is 38.6 Å². The van der Waals surface area contributed by atoms with Crippen molar-refractivity contribution in [3.8, 4) is 0 Å². The van der Waals surface area contributed by atoms with Gasteiger partial charge in [-0.05, 0) is 32.2 Å². The monoisotopic (exact) mass is 171 g/mol. The van der Waals surface area contributed by atoms with Gasteiger partial charge in [-0.15, -0.1) is 0 Å². The van der Waals surface area contributed by atoms with Crippen LogP contribution >= 0.6 is 0 Å². The van der Waals surface area contributed by atoms with E-state index in [1.807, 2.05) is 0 Å². The molecule has 1 N–H and O–H groups in total. The first-order chi connectivity index (χ1) is 5.83. The fraction of sp³-hybridized carbons (Fsp3) is 1.00. The highest BCUT2D eigenvalue weighted by Gasteiger charge is 2.22. The van der Waals surface area contributed by atoms with Crippen molar-refractivity contribution in [3.05, 3.63) is 0 Å². The van der Waals surface area contributed by atoms with Crippen molar-refractivity contribution in [2.75, 3.05) is 20.3 Å². The normalized spacial score (nSPS) is 19.5. The van der Waals surface area contributed by atoms with Crippen LogP contribution in [-0.2, 0) is 4.74 Å². The van der Waals surface area contributed by atoms with Crippen molar-refractivity contribution in [3.63, 3.8) is 0 Å². The second-order valence-corrected chi connectivity index (χ2v) is 3.88. The van der Waals surface area contributed by atoms with Gasteiger partial charge in [0.1, 0.15) is 0 Å². The molecule has 1 rings (SSSR count). The van der Waals surface area contributed by atoms with Crippen LogP contribution in [0, 0.1) is 5.92 Å². The van der Waals surface area contributed by atoms with Gasteiger partial charge in [-0.25, -0.2) is 0 Å². The summed E-state index contributed by atoms with van der Waals surface area (Å²) in [4.78, 5) is 0.